The lowest BCUT2D eigenvalue weighted by Gasteiger charge is -2.24. The molecule has 2 rings (SSSR count). The first kappa shape index (κ1) is 9.04. The maximum atomic E-state index is 10.9. The van der Waals surface area contributed by atoms with Gasteiger partial charge in [-0.25, -0.2) is 0 Å². The van der Waals surface area contributed by atoms with E-state index < -0.39 is 5.97 Å². The van der Waals surface area contributed by atoms with Crippen molar-refractivity contribution in [3.8, 4) is 0 Å². The summed E-state index contributed by atoms with van der Waals surface area (Å²) >= 11 is 0. The number of hydrogen-bond acceptors (Lipinski definition) is 1. The number of hydrogen-bond donors (Lipinski definition) is 1. The lowest BCUT2D eigenvalue weighted by Crippen LogP contribution is -2.25. The minimum Gasteiger partial charge on any atom is -0.481 e. The molecule has 2 fully saturated rings. The standard InChI is InChI=1S/C11H18O2/c1-6-4-8-9(11(8,2)3)5-7(6)10(12)13/h6-9H,4-5H2,1-3H3,(H,12,13)/t6?,7-,8+,9-/m1/s1. The molecule has 0 aromatic carbocycles. The van der Waals surface area contributed by atoms with Crippen LogP contribution in [0, 0.1) is 29.1 Å². The summed E-state index contributed by atoms with van der Waals surface area (Å²) in [5, 5.41) is 9.02. The first-order chi connectivity index (χ1) is 5.94. The summed E-state index contributed by atoms with van der Waals surface area (Å²) in [6.07, 6.45) is 2.03. The van der Waals surface area contributed by atoms with Crippen LogP contribution in [0.1, 0.15) is 33.6 Å². The second-order valence-corrected chi connectivity index (χ2v) is 5.43. The van der Waals surface area contributed by atoms with Crippen LogP contribution < -0.4 is 0 Å². The summed E-state index contributed by atoms with van der Waals surface area (Å²) in [6, 6.07) is 0. The molecule has 0 saturated heterocycles. The average Bonchev–Trinajstić information content (AvgIpc) is 2.52. The van der Waals surface area contributed by atoms with Crippen molar-refractivity contribution in [3.63, 3.8) is 0 Å². The first-order valence-electron chi connectivity index (χ1n) is 5.17. The predicted octanol–water partition coefficient (Wildman–Crippen LogP) is 2.39. The highest BCUT2D eigenvalue weighted by atomic mass is 16.4. The molecule has 0 spiro atoms. The van der Waals surface area contributed by atoms with Crippen molar-refractivity contribution >= 4 is 5.97 Å². The third-order valence-corrected chi connectivity index (χ3v) is 4.43. The van der Waals surface area contributed by atoms with Crippen molar-refractivity contribution in [1.82, 2.24) is 0 Å². The van der Waals surface area contributed by atoms with Gasteiger partial charge in [-0.05, 0) is 36.0 Å². The molecule has 0 amide bonds. The highest BCUT2D eigenvalue weighted by Gasteiger charge is 2.61. The molecule has 2 saturated carbocycles. The van der Waals surface area contributed by atoms with Crippen LogP contribution in [0.5, 0.6) is 0 Å². The zero-order chi connectivity index (χ0) is 9.80. The van der Waals surface area contributed by atoms with E-state index in [1.165, 1.54) is 0 Å². The van der Waals surface area contributed by atoms with Crippen LogP contribution in [-0.4, -0.2) is 11.1 Å². The lowest BCUT2D eigenvalue weighted by molar-refractivity contribution is -0.144. The number of carboxylic acids is 1. The minimum atomic E-state index is -0.589. The van der Waals surface area contributed by atoms with Crippen LogP contribution in [0.3, 0.4) is 0 Å². The quantitative estimate of drug-likeness (QED) is 0.676. The second kappa shape index (κ2) is 2.49. The van der Waals surface area contributed by atoms with Gasteiger partial charge in [0, 0.05) is 0 Å². The molecule has 0 bridgehead atoms. The van der Waals surface area contributed by atoms with E-state index >= 15 is 0 Å². The average molecular weight is 182 g/mol. The van der Waals surface area contributed by atoms with Gasteiger partial charge in [-0.15, -0.1) is 0 Å². The lowest BCUT2D eigenvalue weighted by atomic mass is 9.81. The van der Waals surface area contributed by atoms with E-state index in [0.29, 0.717) is 17.3 Å². The predicted molar refractivity (Wildman–Crippen MR) is 50.3 cm³/mol. The molecule has 1 N–H and O–H groups in total. The fraction of sp³-hybridized carbons (Fsp3) is 0.909. The molecule has 0 aromatic rings. The Morgan fingerprint density at radius 2 is 1.85 bits per heavy atom. The van der Waals surface area contributed by atoms with Crippen LogP contribution in [0.15, 0.2) is 0 Å². The summed E-state index contributed by atoms with van der Waals surface area (Å²) in [4.78, 5) is 10.9. The first-order valence-corrected chi connectivity index (χ1v) is 5.17. The molecule has 74 valence electrons. The maximum absolute atomic E-state index is 10.9. The van der Waals surface area contributed by atoms with Gasteiger partial charge in [-0.2, -0.15) is 0 Å². The van der Waals surface area contributed by atoms with Crippen LogP contribution in [0.2, 0.25) is 0 Å². The van der Waals surface area contributed by atoms with Crippen LogP contribution >= 0.6 is 0 Å². The van der Waals surface area contributed by atoms with Gasteiger partial charge < -0.3 is 5.11 Å². The number of aliphatic carboxylic acids is 1. The van der Waals surface area contributed by atoms with Gasteiger partial charge in [0.1, 0.15) is 0 Å². The zero-order valence-corrected chi connectivity index (χ0v) is 8.58. The Morgan fingerprint density at radius 3 is 2.38 bits per heavy atom. The highest BCUT2D eigenvalue weighted by Crippen LogP contribution is 2.66. The maximum Gasteiger partial charge on any atom is 0.306 e. The number of carboxylic acid groups (broad SMARTS) is 1. The molecular formula is C11H18O2. The number of fused-ring (bicyclic) bond motifs is 1. The molecule has 0 radical (unpaired) electrons. The van der Waals surface area contributed by atoms with E-state index in [1.54, 1.807) is 0 Å². The van der Waals surface area contributed by atoms with Crippen molar-refractivity contribution in [1.29, 1.82) is 0 Å². The Balaban J connectivity index is 2.09. The molecule has 2 heteroatoms. The molecule has 13 heavy (non-hydrogen) atoms. The largest absolute Gasteiger partial charge is 0.481 e. The summed E-state index contributed by atoms with van der Waals surface area (Å²) in [5.74, 6) is 1.19. The van der Waals surface area contributed by atoms with E-state index in [9.17, 15) is 4.79 Å². The smallest absolute Gasteiger partial charge is 0.306 e. The Hall–Kier alpha value is -0.530. The molecule has 1 unspecified atom stereocenters. The summed E-state index contributed by atoms with van der Waals surface area (Å²) in [5.41, 5.74) is 0.429. The van der Waals surface area contributed by atoms with E-state index in [-0.39, 0.29) is 5.92 Å². The molecule has 0 aromatic heterocycles. The summed E-state index contributed by atoms with van der Waals surface area (Å²) < 4.78 is 0. The Kier molecular flexibility index (Phi) is 1.73. The van der Waals surface area contributed by atoms with Gasteiger partial charge >= 0.3 is 5.97 Å². The number of rotatable bonds is 1. The molecule has 2 aliphatic rings. The third kappa shape index (κ3) is 1.18. The van der Waals surface area contributed by atoms with Gasteiger partial charge in [0.15, 0.2) is 0 Å². The van der Waals surface area contributed by atoms with Gasteiger partial charge in [0.05, 0.1) is 5.92 Å². The van der Waals surface area contributed by atoms with E-state index in [0.717, 1.165) is 18.8 Å². The Bertz CT molecular complexity index is 244. The van der Waals surface area contributed by atoms with Gasteiger partial charge in [-0.1, -0.05) is 20.8 Å². The Labute approximate surface area is 79.3 Å². The Morgan fingerprint density at radius 1 is 1.31 bits per heavy atom. The van der Waals surface area contributed by atoms with Gasteiger partial charge in [-0.3, -0.25) is 4.79 Å². The van der Waals surface area contributed by atoms with Gasteiger partial charge in [0.2, 0.25) is 0 Å². The number of carbonyl (C=O) groups is 1. The SMILES string of the molecule is CC1C[C@H]2[C@@H](C[C@H]1C(=O)O)C2(C)C. The monoisotopic (exact) mass is 182 g/mol. The summed E-state index contributed by atoms with van der Waals surface area (Å²) in [7, 11) is 0. The third-order valence-electron chi connectivity index (χ3n) is 4.43. The van der Waals surface area contributed by atoms with Crippen LogP contribution in [0.25, 0.3) is 0 Å². The highest BCUT2D eigenvalue weighted by molar-refractivity contribution is 5.70. The molecule has 2 nitrogen and oxygen atoms in total. The van der Waals surface area contributed by atoms with E-state index in [1.807, 2.05) is 0 Å². The molecule has 0 heterocycles. The van der Waals surface area contributed by atoms with Crippen molar-refractivity contribution in [2.24, 2.45) is 29.1 Å². The van der Waals surface area contributed by atoms with Crippen molar-refractivity contribution in [3.05, 3.63) is 0 Å². The molecule has 0 aliphatic heterocycles. The fourth-order valence-electron chi connectivity index (χ4n) is 3.21. The second-order valence-electron chi connectivity index (χ2n) is 5.43. The van der Waals surface area contributed by atoms with Crippen molar-refractivity contribution in [2.45, 2.75) is 33.6 Å². The molecular weight excluding hydrogens is 164 g/mol. The van der Waals surface area contributed by atoms with Crippen LogP contribution in [-0.2, 0) is 4.79 Å². The van der Waals surface area contributed by atoms with Gasteiger partial charge in [0.25, 0.3) is 0 Å². The topological polar surface area (TPSA) is 37.3 Å². The van der Waals surface area contributed by atoms with Crippen molar-refractivity contribution < 1.29 is 9.90 Å². The van der Waals surface area contributed by atoms with Crippen molar-refractivity contribution in [2.75, 3.05) is 0 Å². The zero-order valence-electron chi connectivity index (χ0n) is 8.58. The fourth-order valence-corrected chi connectivity index (χ4v) is 3.21. The summed E-state index contributed by atoms with van der Waals surface area (Å²) in [6.45, 7) is 6.64. The molecule has 4 atom stereocenters. The van der Waals surface area contributed by atoms with Crippen LogP contribution in [0.4, 0.5) is 0 Å². The van der Waals surface area contributed by atoms with E-state index in [2.05, 4.69) is 20.8 Å². The molecule has 2 aliphatic carbocycles. The van der Waals surface area contributed by atoms with E-state index in [4.69, 9.17) is 5.11 Å². The normalized spacial score (nSPS) is 46.7. The minimum absolute atomic E-state index is 0.0805.